The van der Waals surface area contributed by atoms with Crippen molar-refractivity contribution in [3.8, 4) is 0 Å². The molecule has 6 nitrogen and oxygen atoms in total. The van der Waals surface area contributed by atoms with Gasteiger partial charge in [0.2, 0.25) is 15.9 Å². The minimum absolute atomic E-state index is 0.00184. The second-order valence-corrected chi connectivity index (χ2v) is 5.02. The quantitative estimate of drug-likeness (QED) is 0.488. The van der Waals surface area contributed by atoms with Crippen molar-refractivity contribution in [1.82, 2.24) is 4.72 Å². The maximum Gasteiger partial charge on any atom is 0.219 e. The van der Waals surface area contributed by atoms with Crippen LogP contribution in [0.25, 0.3) is 0 Å². The van der Waals surface area contributed by atoms with E-state index in [1.807, 2.05) is 0 Å². The molecule has 0 rings (SSSR count). The molecule has 84 valence electrons. The predicted octanol–water partition coefficient (Wildman–Crippen LogP) is -1.48. The van der Waals surface area contributed by atoms with Crippen LogP contribution in [0.15, 0.2) is 0 Å². The lowest BCUT2D eigenvalue weighted by atomic mass is 10.2. The highest BCUT2D eigenvalue weighted by atomic mass is 32.2. The fraction of sp³-hybridized carbons (Fsp3) is 0.857. The van der Waals surface area contributed by atoms with E-state index in [0.717, 1.165) is 0 Å². The van der Waals surface area contributed by atoms with Crippen LogP contribution in [0.1, 0.15) is 19.8 Å². The Morgan fingerprint density at radius 2 is 2.07 bits per heavy atom. The molecule has 0 aromatic heterocycles. The molecule has 1 amide bonds. The van der Waals surface area contributed by atoms with Gasteiger partial charge in [0.1, 0.15) is 0 Å². The number of rotatable bonds is 7. The Kier molecular flexibility index (Phi) is 5.66. The number of primary amides is 1. The summed E-state index contributed by atoms with van der Waals surface area (Å²) in [6.45, 7) is 1.91. The molecule has 1 unspecified atom stereocenters. The maximum atomic E-state index is 11.3. The summed E-state index contributed by atoms with van der Waals surface area (Å²) in [7, 11) is -3.33. The van der Waals surface area contributed by atoms with Gasteiger partial charge in [-0.15, -0.1) is 0 Å². The average Bonchev–Trinajstić information content (AvgIpc) is 1.98. The molecular weight excluding hydrogens is 206 g/mol. The largest absolute Gasteiger partial charge is 0.370 e. The highest BCUT2D eigenvalue weighted by Gasteiger charge is 2.14. The van der Waals surface area contributed by atoms with Gasteiger partial charge in [0.15, 0.2) is 0 Å². The third kappa shape index (κ3) is 6.81. The fourth-order valence-corrected chi connectivity index (χ4v) is 2.34. The molecule has 0 heterocycles. The van der Waals surface area contributed by atoms with E-state index in [1.165, 1.54) is 0 Å². The standard InChI is InChI=1S/C7H17N3O3S/c1-6(5-7(9)11)10-14(12,13)4-2-3-8/h6,10H,2-5,8H2,1H3,(H2,9,11). The first kappa shape index (κ1) is 13.3. The Hall–Kier alpha value is -0.660. The van der Waals surface area contributed by atoms with Gasteiger partial charge in [-0.2, -0.15) is 0 Å². The van der Waals surface area contributed by atoms with Crippen LogP contribution in [-0.2, 0) is 14.8 Å². The number of amides is 1. The number of sulfonamides is 1. The fourth-order valence-electron chi connectivity index (χ4n) is 0.982. The minimum Gasteiger partial charge on any atom is -0.370 e. The summed E-state index contributed by atoms with van der Waals surface area (Å²) in [5.41, 5.74) is 10.1. The molecule has 0 aliphatic rings. The molecule has 0 aromatic carbocycles. The van der Waals surface area contributed by atoms with E-state index in [-0.39, 0.29) is 12.2 Å². The van der Waals surface area contributed by atoms with Crippen LogP contribution < -0.4 is 16.2 Å². The SMILES string of the molecule is CC(CC(N)=O)NS(=O)(=O)CCCN. The molecule has 7 heteroatoms. The summed E-state index contributed by atoms with van der Waals surface area (Å²) >= 11 is 0. The van der Waals surface area contributed by atoms with Crippen molar-refractivity contribution in [1.29, 1.82) is 0 Å². The monoisotopic (exact) mass is 223 g/mol. The predicted molar refractivity (Wildman–Crippen MR) is 53.9 cm³/mol. The molecule has 0 saturated carbocycles. The van der Waals surface area contributed by atoms with Crippen molar-refractivity contribution >= 4 is 15.9 Å². The van der Waals surface area contributed by atoms with E-state index in [9.17, 15) is 13.2 Å². The van der Waals surface area contributed by atoms with Gasteiger partial charge in [-0.3, -0.25) is 4.79 Å². The lowest BCUT2D eigenvalue weighted by molar-refractivity contribution is -0.118. The summed E-state index contributed by atoms with van der Waals surface area (Å²) < 4.78 is 24.9. The molecule has 14 heavy (non-hydrogen) atoms. The van der Waals surface area contributed by atoms with Gasteiger partial charge in [0.05, 0.1) is 5.75 Å². The van der Waals surface area contributed by atoms with Crippen LogP contribution in [0.5, 0.6) is 0 Å². The zero-order valence-corrected chi connectivity index (χ0v) is 9.01. The van der Waals surface area contributed by atoms with Gasteiger partial charge in [0, 0.05) is 12.5 Å². The number of nitrogens with one attached hydrogen (secondary N) is 1. The Morgan fingerprint density at radius 3 is 2.50 bits per heavy atom. The smallest absolute Gasteiger partial charge is 0.219 e. The number of nitrogens with two attached hydrogens (primary N) is 2. The molecule has 0 spiro atoms. The molecular formula is C7H17N3O3S. The van der Waals surface area contributed by atoms with E-state index in [4.69, 9.17) is 11.5 Å². The Balaban J connectivity index is 4.02. The Morgan fingerprint density at radius 1 is 1.50 bits per heavy atom. The topological polar surface area (TPSA) is 115 Å². The molecule has 0 aliphatic heterocycles. The van der Waals surface area contributed by atoms with Gasteiger partial charge in [-0.25, -0.2) is 13.1 Å². The van der Waals surface area contributed by atoms with Gasteiger partial charge in [-0.05, 0) is 19.9 Å². The van der Waals surface area contributed by atoms with E-state index >= 15 is 0 Å². The maximum absolute atomic E-state index is 11.3. The third-order valence-electron chi connectivity index (χ3n) is 1.51. The second-order valence-electron chi connectivity index (χ2n) is 3.15. The molecule has 0 radical (unpaired) electrons. The van der Waals surface area contributed by atoms with Gasteiger partial charge >= 0.3 is 0 Å². The second kappa shape index (κ2) is 5.94. The number of hydrogen-bond donors (Lipinski definition) is 3. The van der Waals surface area contributed by atoms with Crippen molar-refractivity contribution in [3.63, 3.8) is 0 Å². The molecule has 0 bridgehead atoms. The molecule has 0 aromatic rings. The summed E-state index contributed by atoms with van der Waals surface area (Å²) in [5.74, 6) is -0.550. The number of carbonyl (C=O) groups excluding carboxylic acids is 1. The summed E-state index contributed by atoms with van der Waals surface area (Å²) in [6, 6.07) is -0.463. The summed E-state index contributed by atoms with van der Waals surface area (Å²) in [6.07, 6.45) is 0.403. The van der Waals surface area contributed by atoms with Crippen molar-refractivity contribution in [2.24, 2.45) is 11.5 Å². The first-order chi connectivity index (χ1) is 6.37. The highest BCUT2D eigenvalue weighted by molar-refractivity contribution is 7.89. The summed E-state index contributed by atoms with van der Waals surface area (Å²) in [4.78, 5) is 10.5. The van der Waals surface area contributed by atoms with Crippen molar-refractivity contribution < 1.29 is 13.2 Å². The van der Waals surface area contributed by atoms with Crippen LogP contribution in [0, 0.1) is 0 Å². The zero-order chi connectivity index (χ0) is 11.2. The van der Waals surface area contributed by atoms with Gasteiger partial charge in [0.25, 0.3) is 0 Å². The van der Waals surface area contributed by atoms with E-state index in [1.54, 1.807) is 6.92 Å². The van der Waals surface area contributed by atoms with Crippen LogP contribution in [0.3, 0.4) is 0 Å². The van der Waals surface area contributed by atoms with Crippen LogP contribution in [0.2, 0.25) is 0 Å². The van der Waals surface area contributed by atoms with Crippen molar-refractivity contribution in [2.75, 3.05) is 12.3 Å². The normalized spacial score (nSPS) is 13.9. The molecule has 0 fully saturated rings. The average molecular weight is 223 g/mol. The van der Waals surface area contributed by atoms with Crippen LogP contribution >= 0.6 is 0 Å². The number of carbonyl (C=O) groups is 1. The van der Waals surface area contributed by atoms with E-state index < -0.39 is 22.0 Å². The van der Waals surface area contributed by atoms with Gasteiger partial charge in [-0.1, -0.05) is 0 Å². The van der Waals surface area contributed by atoms with Crippen molar-refractivity contribution in [3.05, 3.63) is 0 Å². The minimum atomic E-state index is -3.33. The molecule has 1 atom stereocenters. The number of hydrogen-bond acceptors (Lipinski definition) is 4. The lowest BCUT2D eigenvalue weighted by Gasteiger charge is -2.11. The first-order valence-electron chi connectivity index (χ1n) is 4.36. The molecule has 0 saturated heterocycles. The Bertz CT molecular complexity index is 276. The first-order valence-corrected chi connectivity index (χ1v) is 6.01. The molecule has 5 N–H and O–H groups in total. The van der Waals surface area contributed by atoms with Crippen LogP contribution in [0.4, 0.5) is 0 Å². The van der Waals surface area contributed by atoms with Crippen molar-refractivity contribution in [2.45, 2.75) is 25.8 Å². The van der Waals surface area contributed by atoms with Gasteiger partial charge < -0.3 is 11.5 Å². The zero-order valence-electron chi connectivity index (χ0n) is 8.19. The van der Waals surface area contributed by atoms with Crippen LogP contribution in [-0.4, -0.2) is 32.7 Å². The van der Waals surface area contributed by atoms with E-state index in [0.29, 0.717) is 13.0 Å². The Labute approximate surface area is 84.1 Å². The highest BCUT2D eigenvalue weighted by Crippen LogP contribution is 1.95. The molecule has 0 aliphatic carbocycles. The summed E-state index contributed by atoms with van der Waals surface area (Å²) in [5, 5.41) is 0. The third-order valence-corrected chi connectivity index (χ3v) is 3.09. The lowest BCUT2D eigenvalue weighted by Crippen LogP contribution is -2.37. The van der Waals surface area contributed by atoms with E-state index in [2.05, 4.69) is 4.72 Å².